The SMILES string of the molecule is [2H]C([2H])([2H])c1ccc(B(O)O)cc1F. The van der Waals surface area contributed by atoms with Gasteiger partial charge in [0.2, 0.25) is 0 Å². The average Bonchev–Trinajstić information content (AvgIpc) is 2.01. The van der Waals surface area contributed by atoms with Crippen LogP contribution in [0.15, 0.2) is 18.2 Å². The molecule has 0 aromatic heterocycles. The van der Waals surface area contributed by atoms with Gasteiger partial charge in [0.25, 0.3) is 0 Å². The van der Waals surface area contributed by atoms with Crippen LogP contribution in [0, 0.1) is 12.7 Å². The highest BCUT2D eigenvalue weighted by Gasteiger charge is 2.11. The number of halogens is 1. The second-order valence-electron chi connectivity index (χ2n) is 2.11. The van der Waals surface area contributed by atoms with E-state index in [1.807, 2.05) is 0 Å². The van der Waals surface area contributed by atoms with Crippen LogP contribution < -0.4 is 5.46 Å². The largest absolute Gasteiger partial charge is 0.488 e. The van der Waals surface area contributed by atoms with E-state index in [0.717, 1.165) is 18.2 Å². The third-order valence-electron chi connectivity index (χ3n) is 1.29. The predicted molar refractivity (Wildman–Crippen MR) is 41.0 cm³/mol. The van der Waals surface area contributed by atoms with Crippen molar-refractivity contribution in [1.82, 2.24) is 0 Å². The van der Waals surface area contributed by atoms with E-state index >= 15 is 0 Å². The van der Waals surface area contributed by atoms with Gasteiger partial charge < -0.3 is 10.0 Å². The molecule has 0 saturated heterocycles. The predicted octanol–water partition coefficient (Wildman–Crippen LogP) is -0.186. The van der Waals surface area contributed by atoms with Gasteiger partial charge in [-0.05, 0) is 23.9 Å². The van der Waals surface area contributed by atoms with Crippen molar-refractivity contribution in [2.75, 3.05) is 0 Å². The molecule has 0 aliphatic rings. The standard InChI is InChI=1S/C7H8BFO2/c1-5-2-3-6(8(10)11)4-7(5)9/h2-4,10-11H,1H3/i1D3. The van der Waals surface area contributed by atoms with E-state index in [2.05, 4.69) is 0 Å². The number of hydrogen-bond acceptors (Lipinski definition) is 2. The van der Waals surface area contributed by atoms with Crippen molar-refractivity contribution >= 4 is 12.6 Å². The summed E-state index contributed by atoms with van der Waals surface area (Å²) in [6.07, 6.45) is 0. The summed E-state index contributed by atoms with van der Waals surface area (Å²) in [6, 6.07) is 2.99. The molecule has 0 saturated carbocycles. The maximum atomic E-state index is 13.1. The topological polar surface area (TPSA) is 40.5 Å². The van der Waals surface area contributed by atoms with E-state index in [1.165, 1.54) is 0 Å². The van der Waals surface area contributed by atoms with E-state index in [4.69, 9.17) is 14.2 Å². The Labute approximate surface area is 68.7 Å². The number of benzene rings is 1. The van der Waals surface area contributed by atoms with Gasteiger partial charge in [0.15, 0.2) is 0 Å². The Hall–Kier alpha value is -0.865. The molecule has 0 fully saturated rings. The Bertz CT molecular complexity index is 340. The third-order valence-corrected chi connectivity index (χ3v) is 1.29. The summed E-state index contributed by atoms with van der Waals surface area (Å²) >= 11 is 0. The molecule has 0 unspecified atom stereocenters. The van der Waals surface area contributed by atoms with Gasteiger partial charge in [-0.25, -0.2) is 4.39 Å². The Kier molecular flexibility index (Phi) is 1.35. The smallest absolute Gasteiger partial charge is 0.423 e. The zero-order valence-electron chi connectivity index (χ0n) is 8.58. The van der Waals surface area contributed by atoms with Crippen LogP contribution in [0.3, 0.4) is 0 Å². The highest BCUT2D eigenvalue weighted by Crippen LogP contribution is 2.01. The van der Waals surface area contributed by atoms with Crippen molar-refractivity contribution in [2.45, 2.75) is 6.85 Å². The van der Waals surface area contributed by atoms with Crippen molar-refractivity contribution in [3.05, 3.63) is 29.6 Å². The third kappa shape index (κ3) is 1.79. The maximum Gasteiger partial charge on any atom is 0.488 e. The van der Waals surface area contributed by atoms with Gasteiger partial charge in [0.05, 0.1) is 0 Å². The summed E-state index contributed by atoms with van der Waals surface area (Å²) in [6.45, 7) is -2.52. The van der Waals surface area contributed by atoms with Crippen LogP contribution in [0.25, 0.3) is 0 Å². The molecule has 0 atom stereocenters. The monoisotopic (exact) mass is 157 g/mol. The molecule has 2 nitrogen and oxygen atoms in total. The van der Waals surface area contributed by atoms with E-state index in [-0.39, 0.29) is 5.46 Å². The van der Waals surface area contributed by atoms with Gasteiger partial charge in [0.1, 0.15) is 5.82 Å². The minimum Gasteiger partial charge on any atom is -0.423 e. The molecule has 11 heavy (non-hydrogen) atoms. The van der Waals surface area contributed by atoms with E-state index < -0.39 is 25.4 Å². The van der Waals surface area contributed by atoms with Gasteiger partial charge in [-0.3, -0.25) is 0 Å². The van der Waals surface area contributed by atoms with Crippen LogP contribution in [0.4, 0.5) is 4.39 Å². The highest BCUT2D eigenvalue weighted by atomic mass is 19.1. The van der Waals surface area contributed by atoms with Crippen LogP contribution in [0.1, 0.15) is 9.68 Å². The molecule has 0 spiro atoms. The lowest BCUT2D eigenvalue weighted by Crippen LogP contribution is -2.30. The van der Waals surface area contributed by atoms with Crippen molar-refractivity contribution in [2.24, 2.45) is 0 Å². The molecule has 0 amide bonds. The van der Waals surface area contributed by atoms with Gasteiger partial charge in [0, 0.05) is 4.11 Å². The molecular formula is C7H8BFO2. The molecule has 0 aliphatic heterocycles. The minimum atomic E-state index is -2.52. The summed E-state index contributed by atoms with van der Waals surface area (Å²) in [4.78, 5) is 0. The maximum absolute atomic E-state index is 13.1. The van der Waals surface area contributed by atoms with Crippen LogP contribution in [-0.2, 0) is 0 Å². The molecule has 0 heterocycles. The van der Waals surface area contributed by atoms with Crippen LogP contribution in [0.2, 0.25) is 0 Å². The second kappa shape index (κ2) is 3.03. The number of hydrogen-bond donors (Lipinski definition) is 2. The van der Waals surface area contributed by atoms with E-state index in [0.29, 0.717) is 0 Å². The van der Waals surface area contributed by atoms with Crippen molar-refractivity contribution in [3.8, 4) is 0 Å². The molecule has 0 aliphatic carbocycles. The molecular weight excluding hydrogens is 146 g/mol. The van der Waals surface area contributed by atoms with E-state index in [9.17, 15) is 4.39 Å². The van der Waals surface area contributed by atoms with Crippen LogP contribution in [0.5, 0.6) is 0 Å². The summed E-state index contributed by atoms with van der Waals surface area (Å²) in [5.74, 6) is -0.962. The lowest BCUT2D eigenvalue weighted by atomic mass is 9.80. The lowest BCUT2D eigenvalue weighted by Gasteiger charge is -2.00. The fourth-order valence-electron chi connectivity index (χ4n) is 0.692. The van der Waals surface area contributed by atoms with Crippen LogP contribution in [-0.4, -0.2) is 17.2 Å². The Morgan fingerprint density at radius 1 is 1.55 bits per heavy atom. The van der Waals surface area contributed by atoms with Crippen LogP contribution >= 0.6 is 0 Å². The molecule has 2 N–H and O–H groups in total. The van der Waals surface area contributed by atoms with Gasteiger partial charge >= 0.3 is 7.12 Å². The molecule has 4 heteroatoms. The Morgan fingerprint density at radius 3 is 2.73 bits per heavy atom. The summed E-state index contributed by atoms with van der Waals surface area (Å²) in [7, 11) is -1.80. The van der Waals surface area contributed by atoms with Crippen molar-refractivity contribution < 1.29 is 18.6 Å². The first-order valence-electron chi connectivity index (χ1n) is 4.48. The second-order valence-corrected chi connectivity index (χ2v) is 2.11. The average molecular weight is 157 g/mol. The first kappa shape index (κ1) is 4.90. The summed E-state index contributed by atoms with van der Waals surface area (Å²) in [5.41, 5.74) is -0.502. The zero-order chi connectivity index (χ0) is 10.9. The molecule has 0 radical (unpaired) electrons. The van der Waals surface area contributed by atoms with Crippen molar-refractivity contribution in [1.29, 1.82) is 0 Å². The van der Waals surface area contributed by atoms with Gasteiger partial charge in [-0.2, -0.15) is 0 Å². The first-order valence-corrected chi connectivity index (χ1v) is 2.98. The van der Waals surface area contributed by atoms with Crippen molar-refractivity contribution in [3.63, 3.8) is 0 Å². The normalized spacial score (nSPS) is 15.0. The summed E-state index contributed by atoms with van der Waals surface area (Å²) < 4.78 is 34.0. The molecule has 1 rings (SSSR count). The van der Waals surface area contributed by atoms with E-state index in [1.54, 1.807) is 0 Å². The lowest BCUT2D eigenvalue weighted by molar-refractivity contribution is 0.425. The minimum absolute atomic E-state index is 0.0736. The Balaban J connectivity index is 3.15. The molecule has 58 valence electrons. The number of aryl methyl sites for hydroxylation is 1. The molecule has 1 aromatic carbocycles. The number of rotatable bonds is 1. The Morgan fingerprint density at radius 2 is 2.27 bits per heavy atom. The fraction of sp³-hybridized carbons (Fsp3) is 0.143. The molecule has 0 bridgehead atoms. The zero-order valence-corrected chi connectivity index (χ0v) is 5.58. The van der Waals surface area contributed by atoms with Gasteiger partial charge in [-0.1, -0.05) is 12.1 Å². The van der Waals surface area contributed by atoms with Gasteiger partial charge in [-0.15, -0.1) is 0 Å². The highest BCUT2D eigenvalue weighted by molar-refractivity contribution is 6.58. The quantitative estimate of drug-likeness (QED) is 0.554. The first-order chi connectivity index (χ1) is 6.32. The fourth-order valence-corrected chi connectivity index (χ4v) is 0.692. The molecule has 1 aromatic rings. The summed E-state index contributed by atoms with van der Waals surface area (Å²) in [5, 5.41) is 17.4.